The van der Waals surface area contributed by atoms with E-state index >= 15 is 0 Å². The first-order valence-corrected chi connectivity index (χ1v) is 8.97. The van der Waals surface area contributed by atoms with Gasteiger partial charge in [0.15, 0.2) is 5.15 Å². The van der Waals surface area contributed by atoms with E-state index in [1.165, 1.54) is 14.2 Å². The van der Waals surface area contributed by atoms with Crippen molar-refractivity contribution in [1.29, 1.82) is 0 Å². The molecule has 1 aromatic carbocycles. The van der Waals surface area contributed by atoms with E-state index in [9.17, 15) is 0 Å². The molecule has 1 aliphatic rings. The Kier molecular flexibility index (Phi) is 4.75. The Morgan fingerprint density at radius 1 is 1.11 bits per heavy atom. The molecule has 4 rings (SSSR count). The third kappa shape index (κ3) is 3.26. The summed E-state index contributed by atoms with van der Waals surface area (Å²) < 4.78 is 15.9. The van der Waals surface area contributed by atoms with Crippen molar-refractivity contribution in [3.63, 3.8) is 0 Å². The highest BCUT2D eigenvalue weighted by Crippen LogP contribution is 2.36. The molecule has 9 heteroatoms. The lowest BCUT2D eigenvalue weighted by atomic mass is 10.1. The first kappa shape index (κ1) is 17.8. The van der Waals surface area contributed by atoms with Crippen LogP contribution in [0.5, 0.6) is 11.9 Å². The number of morpholine rings is 1. The molecule has 27 heavy (non-hydrogen) atoms. The molecule has 3 heterocycles. The summed E-state index contributed by atoms with van der Waals surface area (Å²) in [4.78, 5) is 18.7. The minimum absolute atomic E-state index is 0.141. The molecule has 1 saturated heterocycles. The Hall–Kier alpha value is -2.58. The number of imidazole rings is 1. The molecular weight excluding hydrogens is 370 g/mol. The Morgan fingerprint density at radius 3 is 2.59 bits per heavy atom. The van der Waals surface area contributed by atoms with Crippen LogP contribution in [0, 0.1) is 6.92 Å². The summed E-state index contributed by atoms with van der Waals surface area (Å²) in [6.07, 6.45) is 0. The van der Waals surface area contributed by atoms with Crippen LogP contribution in [0.15, 0.2) is 12.1 Å². The van der Waals surface area contributed by atoms with Gasteiger partial charge in [0, 0.05) is 18.8 Å². The number of nitrogens with one attached hydrogen (secondary N) is 1. The molecule has 0 spiro atoms. The fourth-order valence-electron chi connectivity index (χ4n) is 3.23. The molecule has 8 nitrogen and oxygen atoms in total. The van der Waals surface area contributed by atoms with Crippen LogP contribution in [-0.4, -0.2) is 60.5 Å². The lowest BCUT2D eigenvalue weighted by Gasteiger charge is -2.29. The topological polar surface area (TPSA) is 85.4 Å². The largest absolute Gasteiger partial charge is 0.480 e. The van der Waals surface area contributed by atoms with Gasteiger partial charge in [0.05, 0.1) is 38.5 Å². The maximum Gasteiger partial charge on any atom is 0.320 e. The number of aromatic amines is 1. The van der Waals surface area contributed by atoms with Gasteiger partial charge in [-0.3, -0.25) is 0 Å². The summed E-state index contributed by atoms with van der Waals surface area (Å²) in [7, 11) is 2.99. The number of aromatic nitrogens is 4. The van der Waals surface area contributed by atoms with Crippen LogP contribution >= 0.6 is 11.6 Å². The highest BCUT2D eigenvalue weighted by atomic mass is 35.5. The Balaban J connectivity index is 1.81. The summed E-state index contributed by atoms with van der Waals surface area (Å²) >= 11 is 6.35. The Labute approximate surface area is 161 Å². The zero-order valence-corrected chi connectivity index (χ0v) is 16.1. The lowest BCUT2D eigenvalue weighted by molar-refractivity contribution is 0.122. The van der Waals surface area contributed by atoms with Crippen LogP contribution < -0.4 is 14.4 Å². The van der Waals surface area contributed by atoms with Crippen molar-refractivity contribution in [1.82, 2.24) is 19.9 Å². The molecule has 0 saturated carbocycles. The van der Waals surface area contributed by atoms with E-state index in [1.54, 1.807) is 0 Å². The van der Waals surface area contributed by atoms with E-state index in [0.29, 0.717) is 17.3 Å². The molecule has 0 bridgehead atoms. The second-order valence-corrected chi connectivity index (χ2v) is 6.59. The van der Waals surface area contributed by atoms with Crippen molar-refractivity contribution >= 4 is 28.3 Å². The number of halogens is 1. The molecule has 1 fully saturated rings. The number of fused-ring (bicyclic) bond motifs is 1. The second kappa shape index (κ2) is 7.21. The van der Waals surface area contributed by atoms with Gasteiger partial charge < -0.3 is 24.1 Å². The SMILES string of the molecule is COc1nc(Cl)c(-c2nc3c(C)cc(N4CCOCC4)cc3[nH]2)c(OC)n1. The normalized spacial score (nSPS) is 14.6. The van der Waals surface area contributed by atoms with E-state index < -0.39 is 0 Å². The molecule has 0 atom stereocenters. The summed E-state index contributed by atoms with van der Waals surface area (Å²) in [5.41, 5.74) is 4.50. The number of rotatable bonds is 4. The van der Waals surface area contributed by atoms with Crippen LogP contribution in [0.25, 0.3) is 22.4 Å². The van der Waals surface area contributed by atoms with E-state index in [1.807, 2.05) is 6.92 Å². The van der Waals surface area contributed by atoms with Gasteiger partial charge >= 0.3 is 6.01 Å². The predicted molar refractivity (Wildman–Crippen MR) is 103 cm³/mol. The highest BCUT2D eigenvalue weighted by molar-refractivity contribution is 6.32. The van der Waals surface area contributed by atoms with E-state index in [-0.39, 0.29) is 11.2 Å². The zero-order valence-electron chi connectivity index (χ0n) is 15.4. The van der Waals surface area contributed by atoms with Crippen molar-refractivity contribution in [3.05, 3.63) is 22.8 Å². The van der Waals surface area contributed by atoms with Crippen LogP contribution in [0.2, 0.25) is 5.15 Å². The van der Waals surface area contributed by atoms with Gasteiger partial charge in [-0.25, -0.2) is 4.98 Å². The third-order valence-electron chi connectivity index (χ3n) is 4.56. The third-order valence-corrected chi connectivity index (χ3v) is 4.84. The number of hydrogen-bond acceptors (Lipinski definition) is 7. The van der Waals surface area contributed by atoms with Crippen LogP contribution in [0.1, 0.15) is 5.56 Å². The summed E-state index contributed by atoms with van der Waals surface area (Å²) in [5.74, 6) is 0.855. The number of benzene rings is 1. The van der Waals surface area contributed by atoms with Gasteiger partial charge in [0.1, 0.15) is 11.4 Å². The first-order valence-electron chi connectivity index (χ1n) is 8.59. The van der Waals surface area contributed by atoms with Crippen molar-refractivity contribution in [2.45, 2.75) is 6.92 Å². The summed E-state index contributed by atoms with van der Waals surface area (Å²) in [6.45, 7) is 5.26. The van der Waals surface area contributed by atoms with E-state index in [2.05, 4.69) is 32.0 Å². The minimum atomic E-state index is 0.141. The number of hydrogen-bond donors (Lipinski definition) is 1. The van der Waals surface area contributed by atoms with Gasteiger partial charge in [0.2, 0.25) is 5.88 Å². The number of aryl methyl sites for hydroxylation is 1. The predicted octanol–water partition coefficient (Wildman–Crippen LogP) is 2.84. The first-order chi connectivity index (χ1) is 13.1. The van der Waals surface area contributed by atoms with Crippen molar-refractivity contribution < 1.29 is 14.2 Å². The fourth-order valence-corrected chi connectivity index (χ4v) is 3.47. The quantitative estimate of drug-likeness (QED) is 0.686. The standard InChI is InChI=1S/C18H20ClN5O3/c1-10-8-11(24-4-6-27-7-5-24)9-12-14(10)21-16(20-12)13-15(19)22-18(26-3)23-17(13)25-2/h8-9H,4-7H2,1-3H3,(H,20,21). The van der Waals surface area contributed by atoms with Crippen molar-refractivity contribution in [2.75, 3.05) is 45.4 Å². The van der Waals surface area contributed by atoms with Gasteiger partial charge in [-0.05, 0) is 24.6 Å². The maximum absolute atomic E-state index is 6.35. The summed E-state index contributed by atoms with van der Waals surface area (Å²) in [5, 5.41) is 0.212. The maximum atomic E-state index is 6.35. The van der Waals surface area contributed by atoms with E-state index in [0.717, 1.165) is 48.6 Å². The summed E-state index contributed by atoms with van der Waals surface area (Å²) in [6, 6.07) is 4.37. The van der Waals surface area contributed by atoms with Gasteiger partial charge in [-0.1, -0.05) is 11.6 Å². The van der Waals surface area contributed by atoms with E-state index in [4.69, 9.17) is 30.8 Å². The second-order valence-electron chi connectivity index (χ2n) is 6.23. The molecule has 0 aliphatic carbocycles. The molecule has 0 unspecified atom stereocenters. The van der Waals surface area contributed by atoms with Crippen molar-refractivity contribution in [3.8, 4) is 23.3 Å². The van der Waals surface area contributed by atoms with Gasteiger partial charge in [-0.2, -0.15) is 9.97 Å². The van der Waals surface area contributed by atoms with Gasteiger partial charge in [0.25, 0.3) is 0 Å². The average molecular weight is 390 g/mol. The monoisotopic (exact) mass is 389 g/mol. The molecule has 1 N–H and O–H groups in total. The number of ether oxygens (including phenoxy) is 3. The number of anilines is 1. The molecule has 0 radical (unpaired) electrons. The van der Waals surface area contributed by atoms with Crippen LogP contribution in [0.4, 0.5) is 5.69 Å². The average Bonchev–Trinajstić information content (AvgIpc) is 3.12. The molecule has 1 aliphatic heterocycles. The number of methoxy groups -OCH3 is 2. The Morgan fingerprint density at radius 2 is 1.89 bits per heavy atom. The molecule has 3 aromatic rings. The number of nitrogens with zero attached hydrogens (tertiary/aromatic N) is 4. The fraction of sp³-hybridized carbons (Fsp3) is 0.389. The molecule has 0 amide bonds. The Bertz CT molecular complexity index is 985. The van der Waals surface area contributed by atoms with Crippen LogP contribution in [0.3, 0.4) is 0 Å². The molecular formula is C18H20ClN5O3. The van der Waals surface area contributed by atoms with Crippen molar-refractivity contribution in [2.24, 2.45) is 0 Å². The zero-order chi connectivity index (χ0) is 19.0. The molecule has 142 valence electrons. The minimum Gasteiger partial charge on any atom is -0.480 e. The molecule has 2 aromatic heterocycles. The highest BCUT2D eigenvalue weighted by Gasteiger charge is 2.21. The smallest absolute Gasteiger partial charge is 0.320 e. The van der Waals surface area contributed by atoms with Gasteiger partial charge in [-0.15, -0.1) is 0 Å². The lowest BCUT2D eigenvalue weighted by Crippen LogP contribution is -2.36. The van der Waals surface area contributed by atoms with Crippen LogP contribution in [-0.2, 0) is 4.74 Å². The number of H-pyrrole nitrogens is 1.